The lowest BCUT2D eigenvalue weighted by Crippen LogP contribution is -2.04. The molecule has 11 heavy (non-hydrogen) atoms. The zero-order valence-corrected chi connectivity index (χ0v) is 6.66. The zero-order chi connectivity index (χ0) is 8.43. The van der Waals surface area contributed by atoms with E-state index in [2.05, 4.69) is 0 Å². The molecule has 1 heterocycles. The van der Waals surface area contributed by atoms with Crippen LogP contribution in [-0.2, 0) is 18.3 Å². The molecule has 0 bridgehead atoms. The molecule has 0 saturated carbocycles. The second-order valence-corrected chi connectivity index (χ2v) is 2.69. The highest BCUT2D eigenvalue weighted by Gasteiger charge is 2.04. The molecule has 0 aromatic carbocycles. The van der Waals surface area contributed by atoms with Gasteiger partial charge in [0.1, 0.15) is 0 Å². The van der Waals surface area contributed by atoms with Gasteiger partial charge in [0.15, 0.2) is 0 Å². The van der Waals surface area contributed by atoms with E-state index in [1.807, 2.05) is 30.8 Å². The maximum Gasteiger partial charge on any atom is 0.309 e. The SMILES string of the molecule is Cc1cc(CC(=O)O)n(C)c1. The first-order valence-electron chi connectivity index (χ1n) is 3.43. The van der Waals surface area contributed by atoms with E-state index in [0.717, 1.165) is 11.3 Å². The average Bonchev–Trinajstić information content (AvgIpc) is 2.09. The van der Waals surface area contributed by atoms with Crippen molar-refractivity contribution in [3.8, 4) is 0 Å². The molecule has 0 spiro atoms. The lowest BCUT2D eigenvalue weighted by Gasteiger charge is -1.96. The van der Waals surface area contributed by atoms with Crippen LogP contribution < -0.4 is 0 Å². The maximum atomic E-state index is 10.3. The summed E-state index contributed by atoms with van der Waals surface area (Å²) in [7, 11) is 1.85. The molecule has 0 radical (unpaired) electrons. The topological polar surface area (TPSA) is 42.2 Å². The largest absolute Gasteiger partial charge is 0.481 e. The Bertz CT molecular complexity index is 276. The smallest absolute Gasteiger partial charge is 0.309 e. The van der Waals surface area contributed by atoms with Crippen LogP contribution in [0.3, 0.4) is 0 Å². The van der Waals surface area contributed by atoms with Gasteiger partial charge in [-0.2, -0.15) is 0 Å². The molecule has 0 unspecified atom stereocenters. The second kappa shape index (κ2) is 2.78. The van der Waals surface area contributed by atoms with E-state index in [-0.39, 0.29) is 6.42 Å². The van der Waals surface area contributed by atoms with Gasteiger partial charge in [-0.3, -0.25) is 4.79 Å². The number of aliphatic carboxylic acids is 1. The molecular formula is C8H11NO2. The summed E-state index contributed by atoms with van der Waals surface area (Å²) in [5.41, 5.74) is 1.94. The number of hydrogen-bond donors (Lipinski definition) is 1. The van der Waals surface area contributed by atoms with Crippen molar-refractivity contribution in [3.63, 3.8) is 0 Å². The van der Waals surface area contributed by atoms with Crippen molar-refractivity contribution in [1.82, 2.24) is 4.57 Å². The third kappa shape index (κ3) is 1.83. The van der Waals surface area contributed by atoms with E-state index in [9.17, 15) is 4.79 Å². The Morgan fingerprint density at radius 1 is 1.73 bits per heavy atom. The summed E-state index contributed by atoms with van der Waals surface area (Å²) in [4.78, 5) is 10.3. The molecule has 1 aromatic heterocycles. The minimum absolute atomic E-state index is 0.102. The molecule has 0 amide bonds. The van der Waals surface area contributed by atoms with Crippen LogP contribution in [0.2, 0.25) is 0 Å². The number of nitrogens with zero attached hydrogens (tertiary/aromatic N) is 1. The van der Waals surface area contributed by atoms with Crippen LogP contribution in [0.1, 0.15) is 11.3 Å². The van der Waals surface area contributed by atoms with Gasteiger partial charge in [-0.1, -0.05) is 0 Å². The van der Waals surface area contributed by atoms with Gasteiger partial charge in [0.25, 0.3) is 0 Å². The summed E-state index contributed by atoms with van der Waals surface area (Å²) in [5, 5.41) is 8.49. The lowest BCUT2D eigenvalue weighted by molar-refractivity contribution is -0.136. The highest BCUT2D eigenvalue weighted by atomic mass is 16.4. The minimum atomic E-state index is -0.786. The van der Waals surface area contributed by atoms with E-state index in [0.29, 0.717) is 0 Å². The normalized spacial score (nSPS) is 10.0. The van der Waals surface area contributed by atoms with E-state index < -0.39 is 5.97 Å². The summed E-state index contributed by atoms with van der Waals surface area (Å²) in [5.74, 6) is -0.786. The van der Waals surface area contributed by atoms with Crippen molar-refractivity contribution in [1.29, 1.82) is 0 Å². The molecule has 1 aromatic rings. The van der Waals surface area contributed by atoms with Crippen molar-refractivity contribution in [2.24, 2.45) is 7.05 Å². The molecule has 1 rings (SSSR count). The van der Waals surface area contributed by atoms with Crippen LogP contribution in [0.15, 0.2) is 12.3 Å². The van der Waals surface area contributed by atoms with E-state index in [1.54, 1.807) is 0 Å². The molecule has 3 nitrogen and oxygen atoms in total. The predicted molar refractivity (Wildman–Crippen MR) is 41.5 cm³/mol. The van der Waals surface area contributed by atoms with Gasteiger partial charge < -0.3 is 9.67 Å². The van der Waals surface area contributed by atoms with E-state index in [4.69, 9.17) is 5.11 Å². The first kappa shape index (κ1) is 7.85. The van der Waals surface area contributed by atoms with Crippen molar-refractivity contribution in [2.45, 2.75) is 13.3 Å². The van der Waals surface area contributed by atoms with Gasteiger partial charge in [-0.05, 0) is 18.6 Å². The molecule has 0 saturated heterocycles. The molecule has 0 aliphatic heterocycles. The van der Waals surface area contributed by atoms with Gasteiger partial charge in [0.05, 0.1) is 6.42 Å². The summed E-state index contributed by atoms with van der Waals surface area (Å²) >= 11 is 0. The van der Waals surface area contributed by atoms with Gasteiger partial charge in [-0.25, -0.2) is 0 Å². The standard InChI is InChI=1S/C8H11NO2/c1-6-3-7(4-8(10)11)9(2)5-6/h3,5H,4H2,1-2H3,(H,10,11). The van der Waals surface area contributed by atoms with Gasteiger partial charge in [-0.15, -0.1) is 0 Å². The quantitative estimate of drug-likeness (QED) is 0.687. The van der Waals surface area contributed by atoms with Crippen molar-refractivity contribution >= 4 is 5.97 Å². The molecule has 0 aliphatic carbocycles. The van der Waals surface area contributed by atoms with Crippen LogP contribution >= 0.6 is 0 Å². The maximum absolute atomic E-state index is 10.3. The Kier molecular flexibility index (Phi) is 1.98. The van der Waals surface area contributed by atoms with Crippen LogP contribution in [0.4, 0.5) is 0 Å². The molecular weight excluding hydrogens is 142 g/mol. The summed E-state index contributed by atoms with van der Waals surface area (Å²) in [6, 6.07) is 1.88. The fraction of sp³-hybridized carbons (Fsp3) is 0.375. The van der Waals surface area contributed by atoms with E-state index in [1.165, 1.54) is 0 Å². The first-order chi connectivity index (χ1) is 5.09. The molecule has 60 valence electrons. The highest BCUT2D eigenvalue weighted by molar-refractivity contribution is 5.69. The number of carbonyl (C=O) groups is 1. The Morgan fingerprint density at radius 3 is 2.73 bits per heavy atom. The predicted octanol–water partition coefficient (Wildman–Crippen LogP) is 0.961. The molecule has 0 atom stereocenters. The molecule has 0 fully saturated rings. The molecule has 3 heteroatoms. The van der Waals surface area contributed by atoms with Crippen molar-refractivity contribution < 1.29 is 9.90 Å². The minimum Gasteiger partial charge on any atom is -0.481 e. The Balaban J connectivity index is 2.85. The third-order valence-electron chi connectivity index (χ3n) is 1.58. The Labute approximate surface area is 65.3 Å². The number of carboxylic acids is 1. The summed E-state index contributed by atoms with van der Waals surface area (Å²) < 4.78 is 1.84. The lowest BCUT2D eigenvalue weighted by atomic mass is 10.3. The molecule has 1 N–H and O–H groups in total. The average molecular weight is 153 g/mol. The van der Waals surface area contributed by atoms with Crippen molar-refractivity contribution in [2.75, 3.05) is 0 Å². The monoisotopic (exact) mass is 153 g/mol. The van der Waals surface area contributed by atoms with Gasteiger partial charge >= 0.3 is 5.97 Å². The summed E-state index contributed by atoms with van der Waals surface area (Å²) in [6.45, 7) is 1.95. The second-order valence-electron chi connectivity index (χ2n) is 2.69. The van der Waals surface area contributed by atoms with Crippen LogP contribution in [-0.4, -0.2) is 15.6 Å². The van der Waals surface area contributed by atoms with Gasteiger partial charge in [0, 0.05) is 18.9 Å². The first-order valence-corrected chi connectivity index (χ1v) is 3.43. The third-order valence-corrected chi connectivity index (χ3v) is 1.58. The number of aromatic nitrogens is 1. The van der Waals surface area contributed by atoms with Crippen LogP contribution in [0, 0.1) is 6.92 Å². The molecule has 0 aliphatic rings. The number of aryl methyl sites for hydroxylation is 2. The van der Waals surface area contributed by atoms with Crippen molar-refractivity contribution in [3.05, 3.63) is 23.5 Å². The van der Waals surface area contributed by atoms with E-state index >= 15 is 0 Å². The van der Waals surface area contributed by atoms with Gasteiger partial charge in [0.2, 0.25) is 0 Å². The summed E-state index contributed by atoms with van der Waals surface area (Å²) in [6.07, 6.45) is 2.02. The fourth-order valence-corrected chi connectivity index (χ4v) is 1.12. The number of carboxylic acid groups (broad SMARTS) is 1. The zero-order valence-electron chi connectivity index (χ0n) is 6.66. The highest BCUT2D eigenvalue weighted by Crippen LogP contribution is 2.05. The Hall–Kier alpha value is -1.25. The number of hydrogen-bond acceptors (Lipinski definition) is 1. The van der Waals surface area contributed by atoms with Crippen LogP contribution in [0.5, 0.6) is 0 Å². The Morgan fingerprint density at radius 2 is 2.36 bits per heavy atom. The fourth-order valence-electron chi connectivity index (χ4n) is 1.12. The number of rotatable bonds is 2. The van der Waals surface area contributed by atoms with Crippen LogP contribution in [0.25, 0.3) is 0 Å².